The van der Waals surface area contributed by atoms with E-state index in [1.807, 2.05) is 26.1 Å². The molecule has 106 valence electrons. The number of rotatable bonds is 5. The summed E-state index contributed by atoms with van der Waals surface area (Å²) >= 11 is 0. The summed E-state index contributed by atoms with van der Waals surface area (Å²) in [6.45, 7) is 5.47. The van der Waals surface area contributed by atoms with Gasteiger partial charge in [0.1, 0.15) is 0 Å². The van der Waals surface area contributed by atoms with Crippen LogP contribution in [0.5, 0.6) is 0 Å². The zero-order valence-corrected chi connectivity index (χ0v) is 12.4. The molecule has 1 aromatic carbocycles. The molecule has 0 fully saturated rings. The Morgan fingerprint density at radius 1 is 1.00 bits per heavy atom. The lowest BCUT2D eigenvalue weighted by molar-refractivity contribution is 0.674. The number of hydrogen-bond acceptors (Lipinski definition) is 2. The molecule has 1 heterocycles. The van der Waals surface area contributed by atoms with Crippen molar-refractivity contribution in [1.29, 1.82) is 0 Å². The summed E-state index contributed by atoms with van der Waals surface area (Å²) < 4.78 is 1.69. The minimum atomic E-state index is 0.0823. The zero-order chi connectivity index (χ0) is 14.5. The Morgan fingerprint density at radius 3 is 2.30 bits per heavy atom. The predicted octanol–water partition coefficient (Wildman–Crippen LogP) is 2.55. The van der Waals surface area contributed by atoms with Gasteiger partial charge in [0.2, 0.25) is 0 Å². The van der Waals surface area contributed by atoms with Crippen molar-refractivity contribution in [3.05, 3.63) is 69.1 Å². The van der Waals surface area contributed by atoms with E-state index < -0.39 is 0 Å². The number of aryl methyl sites for hydroxylation is 2. The molecule has 0 aliphatic carbocycles. The Morgan fingerprint density at radius 2 is 1.65 bits per heavy atom. The van der Waals surface area contributed by atoms with Crippen molar-refractivity contribution in [2.45, 2.75) is 33.4 Å². The standard InChI is InChI=1S/C17H22N2O/c1-4-14-6-8-15(9-7-14)11-18-12-16-10-5-13(2)19(3)17(16)20/h5-10,18H,4,11-12H2,1-3H3. The fraction of sp³-hybridized carbons (Fsp3) is 0.353. The van der Waals surface area contributed by atoms with Crippen molar-refractivity contribution in [2.24, 2.45) is 7.05 Å². The van der Waals surface area contributed by atoms with Crippen LogP contribution in [-0.2, 0) is 26.6 Å². The predicted molar refractivity (Wildman–Crippen MR) is 82.8 cm³/mol. The second-order valence-corrected chi connectivity index (χ2v) is 5.14. The fourth-order valence-electron chi connectivity index (χ4n) is 2.15. The third kappa shape index (κ3) is 3.36. The van der Waals surface area contributed by atoms with Gasteiger partial charge in [-0.25, -0.2) is 0 Å². The molecule has 0 radical (unpaired) electrons. The molecule has 1 N–H and O–H groups in total. The lowest BCUT2D eigenvalue weighted by Gasteiger charge is -2.08. The maximum absolute atomic E-state index is 12.0. The molecule has 2 rings (SSSR count). The largest absolute Gasteiger partial charge is 0.316 e. The summed E-state index contributed by atoms with van der Waals surface area (Å²) in [4.78, 5) is 12.0. The number of pyridine rings is 1. The summed E-state index contributed by atoms with van der Waals surface area (Å²) in [5.74, 6) is 0. The molecule has 3 heteroatoms. The van der Waals surface area contributed by atoms with Crippen LogP contribution in [0.15, 0.2) is 41.2 Å². The third-order valence-corrected chi connectivity index (χ3v) is 3.71. The maximum Gasteiger partial charge on any atom is 0.254 e. The van der Waals surface area contributed by atoms with Gasteiger partial charge in [-0.2, -0.15) is 0 Å². The molecular formula is C17H22N2O. The van der Waals surface area contributed by atoms with Crippen LogP contribution in [0.3, 0.4) is 0 Å². The van der Waals surface area contributed by atoms with Crippen LogP contribution in [0.4, 0.5) is 0 Å². The van der Waals surface area contributed by atoms with Gasteiger partial charge < -0.3 is 9.88 Å². The Balaban J connectivity index is 1.96. The van der Waals surface area contributed by atoms with Gasteiger partial charge in [-0.15, -0.1) is 0 Å². The SMILES string of the molecule is CCc1ccc(CNCc2ccc(C)n(C)c2=O)cc1. The average molecular weight is 270 g/mol. The molecule has 0 atom stereocenters. The van der Waals surface area contributed by atoms with E-state index in [9.17, 15) is 4.79 Å². The number of benzene rings is 1. The van der Waals surface area contributed by atoms with Crippen LogP contribution in [0, 0.1) is 6.92 Å². The van der Waals surface area contributed by atoms with Crippen LogP contribution in [0.1, 0.15) is 29.3 Å². The lowest BCUT2D eigenvalue weighted by atomic mass is 10.1. The first-order valence-electron chi connectivity index (χ1n) is 7.06. The van der Waals surface area contributed by atoms with Crippen molar-refractivity contribution in [1.82, 2.24) is 9.88 Å². The average Bonchev–Trinajstić information content (AvgIpc) is 2.48. The molecule has 0 saturated carbocycles. The highest BCUT2D eigenvalue weighted by Gasteiger charge is 2.03. The second-order valence-electron chi connectivity index (χ2n) is 5.14. The van der Waals surface area contributed by atoms with Gasteiger partial charge in [0, 0.05) is 31.4 Å². The molecule has 0 aliphatic heterocycles. The monoisotopic (exact) mass is 270 g/mol. The van der Waals surface area contributed by atoms with Gasteiger partial charge in [-0.05, 0) is 30.5 Å². The first-order valence-corrected chi connectivity index (χ1v) is 7.06. The summed E-state index contributed by atoms with van der Waals surface area (Å²) in [5, 5.41) is 3.33. The van der Waals surface area contributed by atoms with Crippen LogP contribution >= 0.6 is 0 Å². The Kier molecular flexibility index (Phi) is 4.74. The van der Waals surface area contributed by atoms with Crippen molar-refractivity contribution in [3.63, 3.8) is 0 Å². The van der Waals surface area contributed by atoms with Gasteiger partial charge in [-0.1, -0.05) is 37.3 Å². The van der Waals surface area contributed by atoms with Crippen LogP contribution in [-0.4, -0.2) is 4.57 Å². The van der Waals surface area contributed by atoms with E-state index >= 15 is 0 Å². The van der Waals surface area contributed by atoms with E-state index in [1.54, 1.807) is 4.57 Å². The highest BCUT2D eigenvalue weighted by Crippen LogP contribution is 2.05. The molecular weight excluding hydrogens is 248 g/mol. The number of hydrogen-bond donors (Lipinski definition) is 1. The minimum absolute atomic E-state index is 0.0823. The van der Waals surface area contributed by atoms with E-state index in [-0.39, 0.29) is 5.56 Å². The molecule has 3 nitrogen and oxygen atoms in total. The second kappa shape index (κ2) is 6.53. The molecule has 20 heavy (non-hydrogen) atoms. The number of nitrogens with one attached hydrogen (secondary N) is 1. The molecule has 0 amide bonds. The number of nitrogens with zero attached hydrogens (tertiary/aromatic N) is 1. The van der Waals surface area contributed by atoms with E-state index in [0.29, 0.717) is 6.54 Å². The third-order valence-electron chi connectivity index (χ3n) is 3.71. The highest BCUT2D eigenvalue weighted by molar-refractivity contribution is 5.22. The van der Waals surface area contributed by atoms with Gasteiger partial charge in [0.05, 0.1) is 0 Å². The Bertz CT molecular complexity index is 626. The summed E-state index contributed by atoms with van der Waals surface area (Å²) in [5.41, 5.74) is 4.46. The van der Waals surface area contributed by atoms with E-state index in [1.165, 1.54) is 11.1 Å². The van der Waals surface area contributed by atoms with Gasteiger partial charge in [0.25, 0.3) is 5.56 Å². The topological polar surface area (TPSA) is 34.0 Å². The summed E-state index contributed by atoms with van der Waals surface area (Å²) in [7, 11) is 1.81. The molecule has 0 saturated heterocycles. The van der Waals surface area contributed by atoms with Crippen molar-refractivity contribution in [2.75, 3.05) is 0 Å². The number of aromatic nitrogens is 1. The molecule has 0 spiro atoms. The molecule has 2 aromatic rings. The van der Waals surface area contributed by atoms with Crippen LogP contribution < -0.4 is 10.9 Å². The first-order chi connectivity index (χ1) is 9.61. The normalized spacial score (nSPS) is 10.8. The lowest BCUT2D eigenvalue weighted by Crippen LogP contribution is -2.26. The van der Waals surface area contributed by atoms with E-state index in [0.717, 1.165) is 24.2 Å². The molecule has 0 aliphatic rings. The van der Waals surface area contributed by atoms with Crippen molar-refractivity contribution < 1.29 is 0 Å². The van der Waals surface area contributed by atoms with Crippen LogP contribution in [0.2, 0.25) is 0 Å². The zero-order valence-electron chi connectivity index (χ0n) is 12.4. The van der Waals surface area contributed by atoms with E-state index in [2.05, 4.69) is 36.5 Å². The van der Waals surface area contributed by atoms with Crippen molar-refractivity contribution in [3.8, 4) is 0 Å². The molecule has 0 bridgehead atoms. The van der Waals surface area contributed by atoms with Gasteiger partial charge in [0.15, 0.2) is 0 Å². The quantitative estimate of drug-likeness (QED) is 0.906. The molecule has 0 unspecified atom stereocenters. The van der Waals surface area contributed by atoms with Gasteiger partial charge in [-0.3, -0.25) is 4.79 Å². The fourth-order valence-corrected chi connectivity index (χ4v) is 2.15. The van der Waals surface area contributed by atoms with Crippen LogP contribution in [0.25, 0.3) is 0 Å². The van der Waals surface area contributed by atoms with Gasteiger partial charge >= 0.3 is 0 Å². The maximum atomic E-state index is 12.0. The van der Waals surface area contributed by atoms with Crippen molar-refractivity contribution >= 4 is 0 Å². The smallest absolute Gasteiger partial charge is 0.254 e. The highest BCUT2D eigenvalue weighted by atomic mass is 16.1. The molecule has 1 aromatic heterocycles. The first kappa shape index (κ1) is 14.5. The Hall–Kier alpha value is -1.87. The van der Waals surface area contributed by atoms with E-state index in [4.69, 9.17) is 0 Å². The Labute approximate surface area is 120 Å². The summed E-state index contributed by atoms with van der Waals surface area (Å²) in [6, 6.07) is 12.5. The summed E-state index contributed by atoms with van der Waals surface area (Å²) in [6.07, 6.45) is 1.06. The minimum Gasteiger partial charge on any atom is -0.316 e.